The lowest BCUT2D eigenvalue weighted by Crippen LogP contribution is -2.14. The second-order valence-corrected chi connectivity index (χ2v) is 16.8. The Bertz CT molecular complexity index is 2380. The van der Waals surface area contributed by atoms with Gasteiger partial charge in [-0.25, -0.2) is 8.42 Å². The molecule has 0 aliphatic rings. The maximum Gasteiger partial charge on any atom is 0.298 e. The first-order valence-corrected chi connectivity index (χ1v) is 20.1. The van der Waals surface area contributed by atoms with Gasteiger partial charge >= 0.3 is 0 Å². The maximum atomic E-state index is 12.7. The highest BCUT2D eigenvalue weighted by Gasteiger charge is 2.23. The number of nitrogen functional groups attached to an aromatic ring is 1. The number of aromatic hydroxyl groups is 1. The molecule has 7 N–H and O–H groups in total. The molecule has 0 heterocycles. The summed E-state index contributed by atoms with van der Waals surface area (Å²) in [5.74, 6) is -1.92. The van der Waals surface area contributed by atoms with Gasteiger partial charge in [0.05, 0.1) is 42.0 Å². The third-order valence-electron chi connectivity index (χ3n) is 6.64. The largest absolute Gasteiger partial charge is 0.507 e. The van der Waals surface area contributed by atoms with Crippen molar-refractivity contribution in [2.24, 2.45) is 0 Å². The number of methoxy groups -OCH3 is 2. The van der Waals surface area contributed by atoms with Gasteiger partial charge in [0.15, 0.2) is 9.84 Å². The molecule has 0 aliphatic heterocycles. The van der Waals surface area contributed by atoms with Crippen molar-refractivity contribution in [2.75, 3.05) is 36.9 Å². The van der Waals surface area contributed by atoms with Crippen molar-refractivity contribution in [3.8, 4) is 17.2 Å². The summed E-state index contributed by atoms with van der Waals surface area (Å²) in [6, 6.07) is 11.3. The van der Waals surface area contributed by atoms with Crippen molar-refractivity contribution in [1.82, 2.24) is 0 Å². The van der Waals surface area contributed by atoms with Crippen molar-refractivity contribution in [1.29, 1.82) is 0 Å². The molecule has 4 aromatic carbocycles. The van der Waals surface area contributed by atoms with E-state index in [1.54, 1.807) is 0 Å². The molecule has 0 radical (unpaired) electrons. The zero-order valence-corrected chi connectivity index (χ0v) is 29.8. The molecule has 0 aromatic heterocycles. The fourth-order valence-corrected chi connectivity index (χ4v) is 8.02. The number of carbonyl (C=O) groups is 1. The highest BCUT2D eigenvalue weighted by atomic mass is 35.5. The number of fused-ring (bicyclic) bond motifs is 1. The number of anilines is 2. The van der Waals surface area contributed by atoms with Crippen LogP contribution < -0.4 is 20.5 Å². The van der Waals surface area contributed by atoms with Crippen molar-refractivity contribution in [3.05, 3.63) is 71.8 Å². The van der Waals surface area contributed by atoms with Gasteiger partial charge in [-0.05, 0) is 35.9 Å². The highest BCUT2D eigenvalue weighted by Crippen LogP contribution is 2.38. The monoisotopic (exact) mass is 796 g/mol. The topological polar surface area (TPSA) is 291 Å². The molecule has 272 valence electrons. The molecule has 22 heteroatoms. The van der Waals surface area contributed by atoms with E-state index in [1.807, 2.05) is 0 Å². The Morgan fingerprint density at radius 2 is 1.36 bits per heavy atom. The van der Waals surface area contributed by atoms with Crippen molar-refractivity contribution in [2.45, 2.75) is 20.4 Å². The number of hydrogen-bond donors (Lipinski definition) is 6. The van der Waals surface area contributed by atoms with E-state index in [-0.39, 0.29) is 56.1 Å². The van der Waals surface area contributed by atoms with Crippen LogP contribution in [0.25, 0.3) is 10.8 Å². The zero-order valence-electron chi connectivity index (χ0n) is 25.8. The van der Waals surface area contributed by atoms with Crippen molar-refractivity contribution >= 4 is 79.8 Å². The molecule has 0 atom stereocenters. The normalized spacial score (nSPS) is 12.1. The van der Waals surface area contributed by atoms with Gasteiger partial charge in [-0.15, -0.1) is 11.6 Å². The molecule has 0 unspecified atom stereocenters. The molecule has 17 nitrogen and oxygen atoms in total. The van der Waals surface area contributed by atoms with E-state index < -0.39 is 67.0 Å². The summed E-state index contributed by atoms with van der Waals surface area (Å²) >= 11 is 5.47. The van der Waals surface area contributed by atoms with E-state index >= 15 is 0 Å². The van der Waals surface area contributed by atoms with Crippen LogP contribution in [0.3, 0.4) is 0 Å². The molecule has 0 saturated heterocycles. The molecule has 0 aliphatic carbocycles. The van der Waals surface area contributed by atoms with Gasteiger partial charge in [0.1, 0.15) is 27.0 Å². The first-order chi connectivity index (χ1) is 23.0. The lowest BCUT2D eigenvalue weighted by molar-refractivity contribution is 0.102. The molecule has 4 rings (SSSR count). The molecule has 50 heavy (non-hydrogen) atoms. The second-order valence-electron chi connectivity index (χ2n) is 10.1. The Balaban J connectivity index is 0.000000376. The lowest BCUT2D eigenvalue weighted by Gasteiger charge is -2.14. The van der Waals surface area contributed by atoms with Gasteiger partial charge in [0.2, 0.25) is 0 Å². The standard InChI is InChI=1S/C20H18ClNO10S3.C8H11NO5S/c21-7-8-33(25,26)11-12-1-3-13(4-2-12)20(24)22-16-5-6-18(35(30,31)32)15-9-14(34(27,28)29)10-17(23)19(15)16;1-13-6-4-8(15(10,11)12)7(14-2)3-5(6)9/h1-6,9-10,23H,7-8,11H2,(H,22,24)(H,27,28,29)(H,30,31,32);3-4H,9H2,1-2H3,(H,10,11,12). The van der Waals surface area contributed by atoms with Crippen LogP contribution in [0.5, 0.6) is 17.2 Å². The lowest BCUT2D eigenvalue weighted by atomic mass is 10.1. The molecule has 0 bridgehead atoms. The average molecular weight is 797 g/mol. The number of amides is 1. The average Bonchev–Trinajstić information content (AvgIpc) is 2.99. The third kappa shape index (κ3) is 9.94. The van der Waals surface area contributed by atoms with E-state index in [4.69, 9.17) is 31.4 Å². The van der Waals surface area contributed by atoms with Crippen LogP contribution in [-0.2, 0) is 45.9 Å². The summed E-state index contributed by atoms with van der Waals surface area (Å²) in [4.78, 5) is 10.8. The predicted molar refractivity (Wildman–Crippen MR) is 182 cm³/mol. The Labute approximate surface area is 291 Å². The Kier molecular flexibility index (Phi) is 12.3. The minimum absolute atomic E-state index is 0.0317. The third-order valence-corrected chi connectivity index (χ3v) is 11.3. The molecule has 0 spiro atoms. The van der Waals surface area contributed by atoms with Crippen LogP contribution in [0, 0.1) is 0 Å². The Morgan fingerprint density at radius 3 is 1.86 bits per heavy atom. The van der Waals surface area contributed by atoms with Gasteiger partial charge in [0, 0.05) is 40.4 Å². The summed E-state index contributed by atoms with van der Waals surface area (Å²) in [6.07, 6.45) is 0. The minimum Gasteiger partial charge on any atom is -0.507 e. The van der Waals surface area contributed by atoms with E-state index in [9.17, 15) is 52.7 Å². The summed E-state index contributed by atoms with van der Waals surface area (Å²) < 4.78 is 130. The molecule has 1 amide bonds. The number of sulfone groups is 1. The minimum atomic E-state index is -4.89. The summed E-state index contributed by atoms with van der Waals surface area (Å²) in [7, 11) is -14.9. The Morgan fingerprint density at radius 1 is 0.780 bits per heavy atom. The molecule has 0 saturated carbocycles. The van der Waals surface area contributed by atoms with Crippen LogP contribution in [0.1, 0.15) is 15.9 Å². The van der Waals surface area contributed by atoms with Crippen LogP contribution in [0.15, 0.2) is 75.4 Å². The number of phenols is 1. The van der Waals surface area contributed by atoms with Crippen LogP contribution >= 0.6 is 11.6 Å². The number of nitrogens with two attached hydrogens (primary N) is 1. The first-order valence-electron chi connectivity index (χ1n) is 13.4. The smallest absolute Gasteiger partial charge is 0.298 e. The molecule has 4 aromatic rings. The van der Waals surface area contributed by atoms with Crippen LogP contribution in [-0.4, -0.2) is 84.2 Å². The quantitative estimate of drug-likeness (QED) is 0.0722. The summed E-state index contributed by atoms with van der Waals surface area (Å²) in [5.41, 5.74) is 6.14. The first kappa shape index (κ1) is 40.2. The number of rotatable bonds is 11. The number of benzene rings is 4. The van der Waals surface area contributed by atoms with Gasteiger partial charge < -0.3 is 25.6 Å². The number of phenolic OH excluding ortho intramolecular Hbond substituents is 1. The Hall–Kier alpha value is -4.22. The van der Waals surface area contributed by atoms with Crippen molar-refractivity contribution in [3.63, 3.8) is 0 Å². The number of halogens is 1. The predicted octanol–water partition coefficient (Wildman–Crippen LogP) is 2.98. The highest BCUT2D eigenvalue weighted by molar-refractivity contribution is 7.90. The van der Waals surface area contributed by atoms with Gasteiger partial charge in [-0.2, -0.15) is 25.3 Å². The van der Waals surface area contributed by atoms with Gasteiger partial charge in [-0.3, -0.25) is 18.5 Å². The van der Waals surface area contributed by atoms with E-state index in [2.05, 4.69) is 5.32 Å². The van der Waals surface area contributed by atoms with E-state index in [0.717, 1.165) is 24.3 Å². The molecular weight excluding hydrogens is 768 g/mol. The maximum absolute atomic E-state index is 12.7. The fourth-order valence-electron chi connectivity index (χ4n) is 4.37. The SMILES string of the molecule is COc1cc(S(=O)(=O)O)c(OC)cc1N.O=C(Nc1ccc(S(=O)(=O)O)c2cc(S(=O)(=O)O)cc(O)c12)c1ccc(CS(=O)(=O)CCCl)cc1. The molecule has 0 fully saturated rings. The van der Waals surface area contributed by atoms with Gasteiger partial charge in [-0.1, -0.05) is 12.1 Å². The fraction of sp³-hybridized carbons (Fsp3) is 0.179. The summed E-state index contributed by atoms with van der Waals surface area (Å²) in [5, 5.41) is 12.0. The number of hydrogen-bond acceptors (Lipinski definition) is 13. The number of carbonyl (C=O) groups excluding carboxylic acids is 1. The number of ether oxygens (including phenoxy) is 2. The van der Waals surface area contributed by atoms with E-state index in [0.29, 0.717) is 11.6 Å². The van der Waals surface area contributed by atoms with Crippen LogP contribution in [0.2, 0.25) is 0 Å². The zero-order chi connectivity index (χ0) is 37.8. The van der Waals surface area contributed by atoms with E-state index in [1.165, 1.54) is 44.6 Å². The van der Waals surface area contributed by atoms with Crippen molar-refractivity contribution < 1.29 is 66.7 Å². The summed E-state index contributed by atoms with van der Waals surface area (Å²) in [6.45, 7) is 0. The molecular formula is C28H29ClN2O15S4. The van der Waals surface area contributed by atoms with Crippen LogP contribution in [0.4, 0.5) is 11.4 Å². The van der Waals surface area contributed by atoms with Gasteiger partial charge in [0.25, 0.3) is 36.3 Å². The number of nitrogens with one attached hydrogen (secondary N) is 1. The number of alkyl halides is 1. The second kappa shape index (κ2) is 15.3.